The largest absolute Gasteiger partial charge is 0.483 e. The van der Waals surface area contributed by atoms with Gasteiger partial charge in [-0.3, -0.25) is 4.79 Å². The maximum absolute atomic E-state index is 11.4. The van der Waals surface area contributed by atoms with Crippen LogP contribution in [0.5, 0.6) is 0 Å². The van der Waals surface area contributed by atoms with Gasteiger partial charge < -0.3 is 10.1 Å². The molecule has 1 aromatic carbocycles. The summed E-state index contributed by atoms with van der Waals surface area (Å²) in [4.78, 5) is 11.4. The van der Waals surface area contributed by atoms with Gasteiger partial charge in [0.15, 0.2) is 3.77 Å². The van der Waals surface area contributed by atoms with Crippen molar-refractivity contribution in [3.8, 4) is 0 Å². The Hall–Kier alpha value is -1.17. The van der Waals surface area contributed by atoms with E-state index in [-0.39, 0.29) is 26.6 Å². The van der Waals surface area contributed by atoms with E-state index in [0.29, 0.717) is 12.2 Å². The standard InChI is InChI=1S/C12H12INO2/c1-9-11(13-8-14-12(9)15)16-7-10-5-3-2-4-6-10/h2-6,8H,7H2,1H3,(H,14,15). The topological polar surface area (TPSA) is 38.3 Å². The van der Waals surface area contributed by atoms with Crippen molar-refractivity contribution in [2.45, 2.75) is 13.5 Å². The number of carbonyl (C=O) groups excluding carboxylic acids is 1. The van der Waals surface area contributed by atoms with Crippen molar-refractivity contribution >= 4 is 30.8 Å². The van der Waals surface area contributed by atoms with E-state index >= 15 is 0 Å². The predicted molar refractivity (Wildman–Crippen MR) is 72.2 cm³/mol. The molecule has 0 atom stereocenters. The van der Waals surface area contributed by atoms with Crippen LogP contribution in [0.4, 0.5) is 0 Å². The maximum Gasteiger partial charge on any atom is 0.255 e. The molecule has 0 spiro atoms. The zero-order chi connectivity index (χ0) is 11.4. The highest BCUT2D eigenvalue weighted by molar-refractivity contribution is 14.2. The Balaban J connectivity index is 2.03. The second kappa shape index (κ2) is 5.25. The average Bonchev–Trinajstić information content (AvgIpc) is 2.32. The fourth-order valence-corrected chi connectivity index (χ4v) is 3.04. The summed E-state index contributed by atoms with van der Waals surface area (Å²) in [5.74, 6) is -0.0472. The van der Waals surface area contributed by atoms with Gasteiger partial charge in [-0.05, 0) is 33.2 Å². The van der Waals surface area contributed by atoms with Crippen molar-refractivity contribution in [3.05, 3.63) is 45.2 Å². The number of halogens is 1. The van der Waals surface area contributed by atoms with E-state index in [1.807, 2.05) is 41.4 Å². The zero-order valence-electron chi connectivity index (χ0n) is 8.87. The minimum Gasteiger partial charge on any atom is -0.483 e. The van der Waals surface area contributed by atoms with Crippen molar-refractivity contribution in [1.82, 2.24) is 5.32 Å². The first kappa shape index (κ1) is 11.3. The molecule has 84 valence electrons. The summed E-state index contributed by atoms with van der Waals surface area (Å²) in [6.45, 7) is 2.34. The van der Waals surface area contributed by atoms with Gasteiger partial charge >= 0.3 is 0 Å². The smallest absolute Gasteiger partial charge is 0.255 e. The highest BCUT2D eigenvalue weighted by Crippen LogP contribution is 2.23. The van der Waals surface area contributed by atoms with Crippen molar-refractivity contribution in [1.29, 1.82) is 0 Å². The van der Waals surface area contributed by atoms with Crippen LogP contribution < -0.4 is 5.32 Å². The molecule has 0 aromatic heterocycles. The van der Waals surface area contributed by atoms with Crippen LogP contribution in [0.25, 0.3) is 0 Å². The monoisotopic (exact) mass is 329 g/mol. The highest BCUT2D eigenvalue weighted by Gasteiger charge is 2.13. The summed E-state index contributed by atoms with van der Waals surface area (Å²) in [5.41, 5.74) is 1.84. The Labute approximate surface area is 104 Å². The summed E-state index contributed by atoms with van der Waals surface area (Å²) < 4.78 is 8.38. The molecule has 3 nitrogen and oxygen atoms in total. The van der Waals surface area contributed by atoms with Gasteiger partial charge in [-0.1, -0.05) is 30.3 Å². The molecule has 0 saturated heterocycles. The molecule has 1 aliphatic rings. The summed E-state index contributed by atoms with van der Waals surface area (Å²) in [5, 5.41) is 2.71. The number of rotatable bonds is 3. The lowest BCUT2D eigenvalue weighted by Crippen LogP contribution is -2.24. The fourth-order valence-electron chi connectivity index (χ4n) is 1.27. The number of carbonyl (C=O) groups is 1. The van der Waals surface area contributed by atoms with Crippen LogP contribution in [-0.4, -0.2) is 10.0 Å². The third kappa shape index (κ3) is 2.69. The molecule has 0 bridgehead atoms. The van der Waals surface area contributed by atoms with E-state index in [2.05, 4.69) is 5.32 Å². The number of nitrogens with one attached hydrogen (secondary N) is 1. The normalized spacial score (nSPS) is 15.4. The van der Waals surface area contributed by atoms with Gasteiger partial charge in [-0.2, -0.15) is 0 Å². The molecule has 1 aromatic rings. The van der Waals surface area contributed by atoms with Gasteiger partial charge in [0.1, 0.15) is 6.61 Å². The van der Waals surface area contributed by atoms with Gasteiger partial charge in [-0.15, -0.1) is 0 Å². The number of ether oxygens (including phenoxy) is 1. The number of hydrogen-bond donors (Lipinski definition) is 1. The molecule has 4 heteroatoms. The Morgan fingerprint density at radius 2 is 2.06 bits per heavy atom. The quantitative estimate of drug-likeness (QED) is 0.864. The van der Waals surface area contributed by atoms with Gasteiger partial charge in [0.05, 0.1) is 5.57 Å². The molecule has 16 heavy (non-hydrogen) atoms. The van der Waals surface area contributed by atoms with E-state index in [0.717, 1.165) is 9.33 Å². The van der Waals surface area contributed by atoms with E-state index < -0.39 is 0 Å². The van der Waals surface area contributed by atoms with Crippen molar-refractivity contribution in [3.63, 3.8) is 0 Å². The van der Waals surface area contributed by atoms with Gasteiger partial charge in [0, 0.05) is 4.14 Å². The molecule has 1 aliphatic heterocycles. The van der Waals surface area contributed by atoms with Crippen LogP contribution in [0, 0.1) is 0 Å². The first-order valence-electron chi connectivity index (χ1n) is 4.91. The molecule has 0 radical (unpaired) electrons. The third-order valence-corrected chi connectivity index (χ3v) is 4.49. The SMILES string of the molecule is CC1=C(OCc2ccccc2)I=CNC1=O. The van der Waals surface area contributed by atoms with Gasteiger partial charge in [-0.25, -0.2) is 0 Å². The van der Waals surface area contributed by atoms with E-state index in [1.54, 1.807) is 0 Å². The maximum atomic E-state index is 11.4. The van der Waals surface area contributed by atoms with Crippen LogP contribution in [-0.2, 0) is 16.1 Å². The number of benzene rings is 1. The van der Waals surface area contributed by atoms with Crippen LogP contribution in [0.1, 0.15) is 12.5 Å². The summed E-state index contributed by atoms with van der Waals surface area (Å²) >= 11 is -0.316. The molecule has 0 aliphatic carbocycles. The first-order valence-corrected chi connectivity index (χ1v) is 7.23. The Bertz CT molecular complexity index is 451. The molecule has 0 unspecified atom stereocenters. The summed E-state index contributed by atoms with van der Waals surface area (Å²) in [6.07, 6.45) is 0. The minimum absolute atomic E-state index is 0.0472. The molecule has 1 amide bonds. The molecule has 1 heterocycles. The van der Waals surface area contributed by atoms with Gasteiger partial charge in [0.2, 0.25) is 0 Å². The summed E-state index contributed by atoms with van der Waals surface area (Å²) in [6, 6.07) is 9.97. The van der Waals surface area contributed by atoms with Crippen molar-refractivity contribution < 1.29 is 9.53 Å². The zero-order valence-corrected chi connectivity index (χ0v) is 11.0. The number of hydrogen-bond acceptors (Lipinski definition) is 2. The predicted octanol–water partition coefficient (Wildman–Crippen LogP) is 2.29. The second-order valence-corrected chi connectivity index (χ2v) is 5.59. The molecule has 0 saturated carbocycles. The van der Waals surface area contributed by atoms with Crippen LogP contribution in [0.3, 0.4) is 0 Å². The van der Waals surface area contributed by atoms with Crippen LogP contribution in [0.2, 0.25) is 0 Å². The lowest BCUT2D eigenvalue weighted by molar-refractivity contribution is -0.116. The summed E-state index contributed by atoms with van der Waals surface area (Å²) in [7, 11) is 0. The molecular formula is C12H12INO2. The van der Waals surface area contributed by atoms with Crippen LogP contribution in [0.15, 0.2) is 39.7 Å². The minimum atomic E-state index is -0.316. The molecule has 2 rings (SSSR count). The first-order chi connectivity index (χ1) is 7.77. The third-order valence-electron chi connectivity index (χ3n) is 2.18. The average molecular weight is 329 g/mol. The Morgan fingerprint density at radius 3 is 2.81 bits per heavy atom. The van der Waals surface area contributed by atoms with E-state index in [4.69, 9.17) is 4.74 Å². The van der Waals surface area contributed by atoms with Crippen molar-refractivity contribution in [2.24, 2.45) is 0 Å². The van der Waals surface area contributed by atoms with Crippen molar-refractivity contribution in [2.75, 3.05) is 0 Å². The fraction of sp³-hybridized carbons (Fsp3) is 0.167. The number of amides is 1. The lowest BCUT2D eigenvalue weighted by Gasteiger charge is -2.13. The Kier molecular flexibility index (Phi) is 3.71. The molecule has 1 N–H and O–H groups in total. The van der Waals surface area contributed by atoms with Crippen LogP contribution >= 0.6 is 20.7 Å². The Morgan fingerprint density at radius 1 is 1.31 bits per heavy atom. The lowest BCUT2D eigenvalue weighted by atomic mass is 10.2. The second-order valence-electron chi connectivity index (χ2n) is 3.36. The van der Waals surface area contributed by atoms with E-state index in [9.17, 15) is 4.79 Å². The van der Waals surface area contributed by atoms with Gasteiger partial charge in [0.25, 0.3) is 5.91 Å². The molecular weight excluding hydrogens is 317 g/mol. The highest BCUT2D eigenvalue weighted by atomic mass is 127. The molecule has 0 fully saturated rings. The van der Waals surface area contributed by atoms with E-state index in [1.165, 1.54) is 0 Å².